The van der Waals surface area contributed by atoms with Crippen LogP contribution in [0.3, 0.4) is 0 Å². The molecule has 1 heterocycles. The number of rotatable bonds is 3. The van der Waals surface area contributed by atoms with Crippen LogP contribution in [0.5, 0.6) is 0 Å². The van der Waals surface area contributed by atoms with Crippen LogP contribution in [0.15, 0.2) is 24.3 Å². The molecule has 0 bridgehead atoms. The molecule has 0 spiro atoms. The van der Waals surface area contributed by atoms with Crippen molar-refractivity contribution in [2.24, 2.45) is 0 Å². The van der Waals surface area contributed by atoms with Crippen molar-refractivity contribution in [2.45, 2.75) is 6.92 Å². The van der Waals surface area contributed by atoms with E-state index in [1.165, 1.54) is 25.1 Å². The van der Waals surface area contributed by atoms with E-state index in [9.17, 15) is 20.2 Å². The zero-order valence-corrected chi connectivity index (χ0v) is 11.7. The number of hydrogen-bond donors (Lipinski definition) is 2. The molecule has 0 fully saturated rings. The number of thiophene rings is 1. The van der Waals surface area contributed by atoms with E-state index in [1.807, 2.05) is 6.07 Å². The molecule has 1 aromatic heterocycles. The highest BCUT2D eigenvalue weighted by atomic mass is 32.1. The largest absolute Gasteiger partial charge is 0.390 e. The summed E-state index contributed by atoms with van der Waals surface area (Å²) in [7, 11) is 0. The number of nitro benzene ring substituents is 1. The maximum absolute atomic E-state index is 11.2. The lowest BCUT2D eigenvalue weighted by Crippen LogP contribution is -2.05. The van der Waals surface area contributed by atoms with Crippen LogP contribution >= 0.6 is 11.3 Å². The van der Waals surface area contributed by atoms with Gasteiger partial charge >= 0.3 is 0 Å². The van der Waals surface area contributed by atoms with Crippen molar-refractivity contribution in [3.8, 4) is 17.2 Å². The lowest BCUT2D eigenvalue weighted by molar-refractivity contribution is -0.384. The highest BCUT2D eigenvalue weighted by Gasteiger charge is 2.24. The second-order valence-corrected chi connectivity index (χ2v) is 5.16. The second kappa shape index (κ2) is 5.60. The number of amides is 1. The molecule has 1 aromatic carbocycles. The van der Waals surface area contributed by atoms with Gasteiger partial charge in [0, 0.05) is 18.6 Å². The van der Waals surface area contributed by atoms with Crippen molar-refractivity contribution in [3.05, 3.63) is 39.9 Å². The molecule has 0 radical (unpaired) electrons. The Labute approximate surface area is 123 Å². The predicted molar refractivity (Wildman–Crippen MR) is 79.8 cm³/mol. The number of anilines is 2. The van der Waals surface area contributed by atoms with E-state index in [0.29, 0.717) is 0 Å². The summed E-state index contributed by atoms with van der Waals surface area (Å²) in [4.78, 5) is 21.7. The van der Waals surface area contributed by atoms with Crippen molar-refractivity contribution in [2.75, 3.05) is 11.1 Å². The third kappa shape index (κ3) is 2.68. The molecule has 0 saturated heterocycles. The molecule has 0 aliphatic heterocycles. The minimum Gasteiger partial charge on any atom is -0.390 e. The van der Waals surface area contributed by atoms with Gasteiger partial charge in [0.05, 0.1) is 21.1 Å². The summed E-state index contributed by atoms with van der Waals surface area (Å²) in [6, 6.07) is 7.97. The first-order valence-electron chi connectivity index (χ1n) is 5.79. The van der Waals surface area contributed by atoms with Gasteiger partial charge in [-0.2, -0.15) is 5.26 Å². The standard InChI is InChI=1S/C13H10N4O3S/c1-7(18)16-13-9(6-14)11(12(15)21-13)8-4-2-3-5-10(8)17(19)20/h2-5H,15H2,1H3,(H,16,18). The summed E-state index contributed by atoms with van der Waals surface area (Å²) in [5.41, 5.74) is 6.40. The van der Waals surface area contributed by atoms with E-state index in [0.717, 1.165) is 11.3 Å². The molecule has 2 aromatic rings. The first-order chi connectivity index (χ1) is 9.95. The third-order valence-corrected chi connectivity index (χ3v) is 3.64. The number of nitro groups is 1. The van der Waals surface area contributed by atoms with Gasteiger partial charge in [0.1, 0.15) is 11.1 Å². The minimum absolute atomic E-state index is 0.127. The number of benzene rings is 1. The Kier molecular flexibility index (Phi) is 3.86. The number of nitrogens with two attached hydrogens (primary N) is 1. The Morgan fingerprint density at radius 2 is 2.14 bits per heavy atom. The molecule has 8 heteroatoms. The van der Waals surface area contributed by atoms with Gasteiger partial charge in [-0.15, -0.1) is 0 Å². The fourth-order valence-electron chi connectivity index (χ4n) is 1.91. The molecule has 2 rings (SSSR count). The van der Waals surface area contributed by atoms with Gasteiger partial charge in [-0.05, 0) is 6.07 Å². The van der Waals surface area contributed by atoms with Crippen LogP contribution in [-0.4, -0.2) is 10.8 Å². The molecule has 7 nitrogen and oxygen atoms in total. The van der Waals surface area contributed by atoms with Crippen molar-refractivity contribution in [1.29, 1.82) is 5.26 Å². The van der Waals surface area contributed by atoms with Gasteiger partial charge < -0.3 is 11.1 Å². The number of carbonyl (C=O) groups excluding carboxylic acids is 1. The average molecular weight is 302 g/mol. The number of carbonyl (C=O) groups is 1. The van der Waals surface area contributed by atoms with Crippen molar-refractivity contribution in [1.82, 2.24) is 0 Å². The fraction of sp³-hybridized carbons (Fsp3) is 0.0769. The number of hydrogen-bond acceptors (Lipinski definition) is 6. The molecule has 1 amide bonds. The number of nitrogens with zero attached hydrogens (tertiary/aromatic N) is 2. The van der Waals surface area contributed by atoms with Crippen LogP contribution in [0.1, 0.15) is 12.5 Å². The summed E-state index contributed by atoms with van der Waals surface area (Å²) in [6.07, 6.45) is 0. The number of nitrogens with one attached hydrogen (secondary N) is 1. The normalized spacial score (nSPS) is 9.90. The Morgan fingerprint density at radius 3 is 2.71 bits per heavy atom. The van der Waals surface area contributed by atoms with Crippen molar-refractivity contribution in [3.63, 3.8) is 0 Å². The van der Waals surface area contributed by atoms with E-state index in [1.54, 1.807) is 6.07 Å². The number of para-hydroxylation sites is 1. The van der Waals surface area contributed by atoms with E-state index in [2.05, 4.69) is 5.32 Å². The van der Waals surface area contributed by atoms with Crippen LogP contribution in [0, 0.1) is 21.4 Å². The summed E-state index contributed by atoms with van der Waals surface area (Å²) in [5, 5.41) is 23.4. The molecule has 0 atom stereocenters. The smallest absolute Gasteiger partial charge is 0.277 e. The molecule has 0 saturated carbocycles. The van der Waals surface area contributed by atoms with Crippen molar-refractivity contribution >= 4 is 32.9 Å². The molecule has 3 N–H and O–H groups in total. The van der Waals surface area contributed by atoms with E-state index >= 15 is 0 Å². The van der Waals surface area contributed by atoms with Crippen LogP contribution in [0.2, 0.25) is 0 Å². The molecule has 0 unspecified atom stereocenters. The number of nitrogen functional groups attached to an aromatic ring is 1. The molecule has 0 aliphatic carbocycles. The summed E-state index contributed by atoms with van der Waals surface area (Å²) in [5.74, 6) is -0.345. The fourth-order valence-corrected chi connectivity index (χ4v) is 2.89. The summed E-state index contributed by atoms with van der Waals surface area (Å²) >= 11 is 1.01. The predicted octanol–water partition coefficient (Wildman–Crippen LogP) is 2.74. The average Bonchev–Trinajstić information content (AvgIpc) is 2.73. The monoisotopic (exact) mass is 302 g/mol. The molecule has 21 heavy (non-hydrogen) atoms. The quantitative estimate of drug-likeness (QED) is 0.666. The lowest BCUT2D eigenvalue weighted by atomic mass is 10.0. The number of nitriles is 1. The molecular weight excluding hydrogens is 292 g/mol. The van der Waals surface area contributed by atoms with E-state index in [4.69, 9.17) is 5.73 Å². The van der Waals surface area contributed by atoms with Crippen LogP contribution in [0.4, 0.5) is 15.7 Å². The molecule has 106 valence electrons. The van der Waals surface area contributed by atoms with E-state index < -0.39 is 4.92 Å². The highest BCUT2D eigenvalue weighted by Crippen LogP contribution is 2.44. The molecule has 0 aliphatic rings. The minimum atomic E-state index is -0.536. The second-order valence-electron chi connectivity index (χ2n) is 4.11. The first kappa shape index (κ1) is 14.5. The van der Waals surface area contributed by atoms with Gasteiger partial charge in [0.25, 0.3) is 5.69 Å². The molecular formula is C13H10N4O3S. The zero-order chi connectivity index (χ0) is 15.6. The van der Waals surface area contributed by atoms with Crippen LogP contribution in [0.25, 0.3) is 11.1 Å². The summed E-state index contributed by atoms with van der Waals surface area (Å²) in [6.45, 7) is 1.31. The summed E-state index contributed by atoms with van der Waals surface area (Å²) < 4.78 is 0. The maximum Gasteiger partial charge on any atom is 0.277 e. The van der Waals surface area contributed by atoms with Gasteiger partial charge in [-0.3, -0.25) is 14.9 Å². The maximum atomic E-state index is 11.2. The van der Waals surface area contributed by atoms with Crippen LogP contribution < -0.4 is 11.1 Å². The van der Waals surface area contributed by atoms with E-state index in [-0.39, 0.29) is 38.3 Å². The Morgan fingerprint density at radius 1 is 1.48 bits per heavy atom. The Hall–Kier alpha value is -2.92. The van der Waals surface area contributed by atoms with Gasteiger partial charge in [-0.1, -0.05) is 23.5 Å². The first-order valence-corrected chi connectivity index (χ1v) is 6.61. The zero-order valence-electron chi connectivity index (χ0n) is 10.9. The Balaban J connectivity index is 2.71. The lowest BCUT2D eigenvalue weighted by Gasteiger charge is -2.03. The topological polar surface area (TPSA) is 122 Å². The van der Waals surface area contributed by atoms with Gasteiger partial charge in [-0.25, -0.2) is 0 Å². The van der Waals surface area contributed by atoms with Crippen molar-refractivity contribution < 1.29 is 9.72 Å². The Bertz CT molecular complexity index is 776. The van der Waals surface area contributed by atoms with Gasteiger partial charge in [0.2, 0.25) is 5.91 Å². The SMILES string of the molecule is CC(=O)Nc1sc(N)c(-c2ccccc2[N+](=O)[O-])c1C#N. The van der Waals surface area contributed by atoms with Crippen LogP contribution in [-0.2, 0) is 4.79 Å². The van der Waals surface area contributed by atoms with Gasteiger partial charge in [0.15, 0.2) is 0 Å². The third-order valence-electron chi connectivity index (χ3n) is 2.71. The highest BCUT2D eigenvalue weighted by molar-refractivity contribution is 7.21.